The van der Waals surface area contributed by atoms with Crippen molar-refractivity contribution >= 4 is 70.1 Å². The van der Waals surface area contributed by atoms with Crippen LogP contribution < -0.4 is 30.5 Å². The van der Waals surface area contributed by atoms with E-state index < -0.39 is 88.3 Å². The zero-order valence-electron chi connectivity index (χ0n) is 33.0. The van der Waals surface area contributed by atoms with E-state index in [4.69, 9.17) is 22.2 Å². The Labute approximate surface area is 359 Å². The van der Waals surface area contributed by atoms with Gasteiger partial charge in [0.25, 0.3) is 29.5 Å². The molecule has 7 rings (SSSR count). The molecular formula is C42H32F4N8O8S. The summed E-state index contributed by atoms with van der Waals surface area (Å²) in [4.78, 5) is 96.3. The van der Waals surface area contributed by atoms with Gasteiger partial charge in [0.05, 0.1) is 46.0 Å². The second kappa shape index (κ2) is 16.7. The summed E-state index contributed by atoms with van der Waals surface area (Å²) in [6.07, 6.45) is -3.91. The number of hydrogen-bond donors (Lipinski definition) is 3. The molecule has 3 N–H and O–H groups in total. The van der Waals surface area contributed by atoms with Crippen molar-refractivity contribution in [2.75, 3.05) is 29.5 Å². The number of nitrogens with one attached hydrogen (secondary N) is 3. The molecule has 0 bridgehead atoms. The molecule has 4 aromatic rings. The van der Waals surface area contributed by atoms with Crippen LogP contribution in [0.5, 0.6) is 5.75 Å². The maximum atomic E-state index is 15.4. The maximum absolute atomic E-state index is 15.4. The summed E-state index contributed by atoms with van der Waals surface area (Å²) in [6, 6.07) is 15.5. The van der Waals surface area contributed by atoms with Crippen LogP contribution in [-0.4, -0.2) is 87.6 Å². The number of piperidine rings is 1. The fraction of sp³-hybridized carbons (Fsp3) is 0.238. The molecule has 63 heavy (non-hydrogen) atoms. The average Bonchev–Trinajstić information content (AvgIpc) is 3.60. The highest BCUT2D eigenvalue weighted by atomic mass is 32.1. The quantitative estimate of drug-likeness (QED) is 0.0845. The number of pyridine rings is 1. The van der Waals surface area contributed by atoms with Crippen molar-refractivity contribution in [3.8, 4) is 23.1 Å². The van der Waals surface area contributed by atoms with Gasteiger partial charge in [-0.15, -0.1) is 0 Å². The molecule has 3 aromatic carbocycles. The van der Waals surface area contributed by atoms with Gasteiger partial charge in [-0.1, -0.05) is 18.2 Å². The van der Waals surface area contributed by atoms with Gasteiger partial charge in [-0.05, 0) is 81.0 Å². The van der Waals surface area contributed by atoms with E-state index in [9.17, 15) is 46.7 Å². The number of benzene rings is 3. The van der Waals surface area contributed by atoms with Crippen molar-refractivity contribution < 1.29 is 55.9 Å². The predicted molar refractivity (Wildman–Crippen MR) is 216 cm³/mol. The van der Waals surface area contributed by atoms with Crippen LogP contribution in [0, 0.1) is 17.1 Å². The molecule has 21 heteroatoms. The Kier molecular flexibility index (Phi) is 11.5. The molecule has 0 saturated carbocycles. The lowest BCUT2D eigenvalue weighted by molar-refractivity contribution is -0.140. The summed E-state index contributed by atoms with van der Waals surface area (Å²) in [5.74, 6) is -6.51. The minimum atomic E-state index is -5.22. The van der Waals surface area contributed by atoms with Crippen molar-refractivity contribution in [3.63, 3.8) is 0 Å². The number of fused-ring (bicyclic) bond motifs is 1. The largest absolute Gasteiger partial charge is 0.483 e. The zero-order chi connectivity index (χ0) is 45.5. The minimum Gasteiger partial charge on any atom is -0.483 e. The van der Waals surface area contributed by atoms with E-state index in [1.807, 2.05) is 0 Å². The molecule has 1 aromatic heterocycles. The van der Waals surface area contributed by atoms with Crippen LogP contribution in [-0.2, 0) is 25.4 Å². The van der Waals surface area contributed by atoms with Crippen molar-refractivity contribution in [1.82, 2.24) is 25.8 Å². The second-order valence-corrected chi connectivity index (χ2v) is 15.1. The number of imide groups is 2. The fourth-order valence-corrected chi connectivity index (χ4v) is 7.82. The third-order valence-electron chi connectivity index (χ3n) is 10.4. The molecular weight excluding hydrogens is 853 g/mol. The van der Waals surface area contributed by atoms with Gasteiger partial charge in [0.15, 0.2) is 17.5 Å². The van der Waals surface area contributed by atoms with Gasteiger partial charge in [-0.2, -0.15) is 18.4 Å². The van der Waals surface area contributed by atoms with Gasteiger partial charge in [-0.3, -0.25) is 53.7 Å². The lowest BCUT2D eigenvalue weighted by Gasteiger charge is -2.29. The van der Waals surface area contributed by atoms with Crippen molar-refractivity contribution in [2.24, 2.45) is 0 Å². The third-order valence-corrected chi connectivity index (χ3v) is 10.8. The fourth-order valence-electron chi connectivity index (χ4n) is 7.31. The summed E-state index contributed by atoms with van der Waals surface area (Å²) in [7, 11) is 0. The highest BCUT2D eigenvalue weighted by Gasteiger charge is 2.52. The molecule has 0 radical (unpaired) electrons. The van der Waals surface area contributed by atoms with Gasteiger partial charge in [0, 0.05) is 30.6 Å². The molecule has 2 saturated heterocycles. The summed E-state index contributed by atoms with van der Waals surface area (Å²) < 4.78 is 62.1. The number of carbonyl (C=O) groups excluding carboxylic acids is 7. The summed E-state index contributed by atoms with van der Waals surface area (Å²) in [5, 5.41) is 16.2. The molecule has 3 aliphatic heterocycles. The Bertz CT molecular complexity index is 2690. The van der Waals surface area contributed by atoms with Crippen LogP contribution in [0.3, 0.4) is 0 Å². The summed E-state index contributed by atoms with van der Waals surface area (Å²) in [6.45, 7) is 2.42. The highest BCUT2D eigenvalue weighted by molar-refractivity contribution is 7.81. The zero-order valence-corrected chi connectivity index (χ0v) is 33.8. The summed E-state index contributed by atoms with van der Waals surface area (Å²) in [5.41, 5.74) is -3.54. The standard InChI is InChI=1S/C42H32F4N8O8S/c1-41(2)39(61)53(27-13-10-23(18-47)33(34(27)43)42(44,45)46)40(63)54(41)24-11-12-26(50-19-24)21-6-8-22(9-7-21)35(57)49-17-16-48-31(56)20-62-29-5-3-4-25-32(29)38(60)52(37(25)59)28-14-15-30(55)51-36(28)58/h3-13,19,28H,14-17,20H2,1-2H3,(H,48,56)(H,49,57)(H,51,55,58). The average molecular weight is 885 g/mol. The number of carbonyl (C=O) groups is 7. The molecule has 1 atom stereocenters. The number of nitriles is 1. The van der Waals surface area contributed by atoms with E-state index in [0.29, 0.717) is 16.2 Å². The van der Waals surface area contributed by atoms with Gasteiger partial charge in [0.2, 0.25) is 11.8 Å². The molecule has 0 aliphatic carbocycles. The van der Waals surface area contributed by atoms with Crippen LogP contribution in [0.4, 0.5) is 28.9 Å². The van der Waals surface area contributed by atoms with E-state index in [-0.39, 0.29) is 59.2 Å². The molecule has 322 valence electrons. The second-order valence-electron chi connectivity index (χ2n) is 14.7. The predicted octanol–water partition coefficient (Wildman–Crippen LogP) is 4.02. The van der Waals surface area contributed by atoms with Gasteiger partial charge in [-0.25, -0.2) is 4.39 Å². The highest BCUT2D eigenvalue weighted by Crippen LogP contribution is 2.42. The number of thiocarbonyl (C=S) groups is 1. The SMILES string of the molecule is CC1(C)C(=O)N(c2ccc(C#N)c(C(F)(F)F)c2F)C(=S)N1c1ccc(-c2ccc(C(=O)NCCNC(=O)COc3cccc4c3C(=O)N(C3CCC(=O)NC3=O)C4=O)cc2)nc1. The van der Waals surface area contributed by atoms with Crippen molar-refractivity contribution in [3.05, 3.63) is 107 Å². The number of amides is 7. The smallest absolute Gasteiger partial charge is 0.420 e. The van der Waals surface area contributed by atoms with E-state index in [1.54, 1.807) is 24.3 Å². The van der Waals surface area contributed by atoms with E-state index in [2.05, 4.69) is 20.9 Å². The first-order chi connectivity index (χ1) is 29.8. The molecule has 7 amide bonds. The van der Waals surface area contributed by atoms with Crippen molar-refractivity contribution in [1.29, 1.82) is 5.26 Å². The van der Waals surface area contributed by atoms with Crippen LogP contribution in [0.2, 0.25) is 0 Å². The Morgan fingerprint density at radius 2 is 1.70 bits per heavy atom. The number of hydrogen-bond acceptors (Lipinski definition) is 11. The Morgan fingerprint density at radius 3 is 2.35 bits per heavy atom. The lowest BCUT2D eigenvalue weighted by atomic mass is 10.0. The van der Waals surface area contributed by atoms with Crippen LogP contribution in [0.15, 0.2) is 72.9 Å². The van der Waals surface area contributed by atoms with Gasteiger partial charge < -0.3 is 20.3 Å². The van der Waals surface area contributed by atoms with E-state index in [0.717, 1.165) is 17.0 Å². The molecule has 0 spiro atoms. The van der Waals surface area contributed by atoms with Crippen molar-refractivity contribution in [2.45, 2.75) is 44.4 Å². The van der Waals surface area contributed by atoms with E-state index in [1.165, 1.54) is 61.3 Å². The maximum Gasteiger partial charge on any atom is 0.420 e. The van der Waals surface area contributed by atoms with E-state index >= 15 is 4.39 Å². The number of aromatic nitrogens is 1. The van der Waals surface area contributed by atoms with Crippen LogP contribution in [0.1, 0.15) is 68.9 Å². The third kappa shape index (κ3) is 8.03. The molecule has 2 fully saturated rings. The minimum absolute atomic E-state index is 0.00745. The Balaban J connectivity index is 0.916. The number of ether oxygens (including phenoxy) is 1. The van der Waals surface area contributed by atoms with Gasteiger partial charge >= 0.3 is 6.18 Å². The topological polar surface area (TPSA) is 211 Å². The Hall–Kier alpha value is -7.60. The number of nitrogens with zero attached hydrogens (tertiary/aromatic N) is 5. The first-order valence-electron chi connectivity index (χ1n) is 18.9. The molecule has 16 nitrogen and oxygen atoms in total. The Morgan fingerprint density at radius 1 is 0.984 bits per heavy atom. The number of alkyl halides is 3. The lowest BCUT2D eigenvalue weighted by Crippen LogP contribution is -2.54. The van der Waals surface area contributed by atoms with Crippen LogP contribution >= 0.6 is 12.2 Å². The molecule has 1 unspecified atom stereocenters. The number of rotatable bonds is 11. The van der Waals surface area contributed by atoms with Gasteiger partial charge in [0.1, 0.15) is 22.9 Å². The molecule has 4 heterocycles. The first kappa shape index (κ1) is 43.5. The monoisotopic (exact) mass is 884 g/mol. The number of anilines is 2. The number of halogens is 4. The molecule has 3 aliphatic rings. The normalized spacial score (nSPS) is 17.1. The first-order valence-corrected chi connectivity index (χ1v) is 19.3. The van der Waals surface area contributed by atoms with Crippen LogP contribution in [0.25, 0.3) is 11.3 Å². The summed E-state index contributed by atoms with van der Waals surface area (Å²) >= 11 is 5.49.